The molecule has 0 unspecified atom stereocenters. The Hall–Kier alpha value is -1.35. The van der Waals surface area contributed by atoms with Gasteiger partial charge in [0.1, 0.15) is 0 Å². The van der Waals surface area contributed by atoms with Gasteiger partial charge in [-0.1, -0.05) is 39.0 Å². The highest BCUT2D eigenvalue weighted by Crippen LogP contribution is 2.23. The van der Waals surface area contributed by atoms with Crippen molar-refractivity contribution in [2.24, 2.45) is 5.41 Å². The lowest BCUT2D eigenvalue weighted by atomic mass is 9.87. The average molecular weight is 221 g/mol. The van der Waals surface area contributed by atoms with Gasteiger partial charge in [-0.15, -0.1) is 0 Å². The van der Waals surface area contributed by atoms with Crippen LogP contribution < -0.4 is 0 Å². The van der Waals surface area contributed by atoms with Crippen LogP contribution in [0.25, 0.3) is 0 Å². The van der Waals surface area contributed by atoms with Gasteiger partial charge in [0.05, 0.1) is 6.04 Å². The zero-order valence-corrected chi connectivity index (χ0v) is 10.3. The van der Waals surface area contributed by atoms with Crippen LogP contribution in [0.2, 0.25) is 0 Å². The maximum absolute atomic E-state index is 11.9. The summed E-state index contributed by atoms with van der Waals surface area (Å²) in [4.78, 5) is 11.9. The zero-order valence-electron chi connectivity index (χ0n) is 10.3. The third-order valence-electron chi connectivity index (χ3n) is 2.85. The van der Waals surface area contributed by atoms with Gasteiger partial charge in [0, 0.05) is 5.56 Å². The second-order valence-corrected chi connectivity index (χ2v) is 5.06. The van der Waals surface area contributed by atoms with Crippen LogP contribution in [0.1, 0.15) is 38.1 Å². The summed E-state index contributed by atoms with van der Waals surface area (Å²) in [6, 6.07) is 8.55. The predicted octanol–water partition coefficient (Wildman–Crippen LogP) is 2.95. The Labute approximate surface area is 96.7 Å². The third kappa shape index (κ3) is 2.83. The Bertz CT molecular complexity index is 354. The van der Waals surface area contributed by atoms with Crippen LogP contribution in [0.5, 0.6) is 0 Å². The van der Waals surface area contributed by atoms with Crippen molar-refractivity contribution in [2.75, 3.05) is 0 Å². The smallest absolute Gasteiger partial charge is 0.277 e. The molecule has 0 spiro atoms. The summed E-state index contributed by atoms with van der Waals surface area (Å²) in [5.41, 5.74) is 0.347. The van der Waals surface area contributed by atoms with E-state index in [1.807, 2.05) is 33.8 Å². The standard InChI is InChI=1S/C13H19NO2/c1-10(13(2,3)4)14(16)12(15)11-8-6-5-7-9-11/h5-10,16H,1-4H3/t10-/m0/s1. The normalized spacial score (nSPS) is 13.3. The molecule has 0 fully saturated rings. The molecule has 3 nitrogen and oxygen atoms in total. The van der Waals surface area contributed by atoms with Gasteiger partial charge in [0.15, 0.2) is 0 Å². The molecule has 1 aromatic rings. The molecule has 1 N–H and O–H groups in total. The number of hydrogen-bond donors (Lipinski definition) is 1. The predicted molar refractivity (Wildman–Crippen MR) is 63.3 cm³/mol. The topological polar surface area (TPSA) is 40.5 Å². The van der Waals surface area contributed by atoms with Crippen LogP contribution in [-0.2, 0) is 0 Å². The lowest BCUT2D eigenvalue weighted by molar-refractivity contribution is -0.109. The number of hydroxylamine groups is 2. The van der Waals surface area contributed by atoms with Gasteiger partial charge >= 0.3 is 0 Å². The molecule has 3 heteroatoms. The van der Waals surface area contributed by atoms with E-state index in [-0.39, 0.29) is 17.4 Å². The fourth-order valence-corrected chi connectivity index (χ4v) is 1.26. The van der Waals surface area contributed by atoms with Crippen molar-refractivity contribution in [3.05, 3.63) is 35.9 Å². The second-order valence-electron chi connectivity index (χ2n) is 5.06. The minimum atomic E-state index is -0.358. The lowest BCUT2D eigenvalue weighted by Crippen LogP contribution is -2.43. The summed E-state index contributed by atoms with van der Waals surface area (Å²) in [6.45, 7) is 7.79. The molecule has 0 heterocycles. The highest BCUT2D eigenvalue weighted by atomic mass is 16.5. The van der Waals surface area contributed by atoms with Crippen LogP contribution in [-0.4, -0.2) is 22.2 Å². The number of rotatable bonds is 2. The zero-order chi connectivity index (χ0) is 12.3. The number of hydrogen-bond acceptors (Lipinski definition) is 2. The molecule has 16 heavy (non-hydrogen) atoms. The van der Waals surface area contributed by atoms with E-state index in [4.69, 9.17) is 0 Å². The summed E-state index contributed by atoms with van der Waals surface area (Å²) in [5.74, 6) is -0.358. The largest absolute Gasteiger partial charge is 0.285 e. The fraction of sp³-hybridized carbons (Fsp3) is 0.462. The van der Waals surface area contributed by atoms with E-state index in [1.165, 1.54) is 0 Å². The molecule has 1 rings (SSSR count). The van der Waals surface area contributed by atoms with Crippen LogP contribution in [0.4, 0.5) is 0 Å². The Morgan fingerprint density at radius 1 is 1.25 bits per heavy atom. The van der Waals surface area contributed by atoms with E-state index in [1.54, 1.807) is 24.3 Å². The summed E-state index contributed by atoms with van der Waals surface area (Å²) >= 11 is 0. The molecule has 1 amide bonds. The van der Waals surface area contributed by atoms with E-state index in [9.17, 15) is 10.0 Å². The first-order valence-electron chi connectivity index (χ1n) is 5.41. The molecule has 0 aromatic heterocycles. The fourth-order valence-electron chi connectivity index (χ4n) is 1.26. The van der Waals surface area contributed by atoms with Gasteiger partial charge in [-0.2, -0.15) is 0 Å². The van der Waals surface area contributed by atoms with Crippen LogP contribution in [0.3, 0.4) is 0 Å². The van der Waals surface area contributed by atoms with E-state index < -0.39 is 0 Å². The van der Waals surface area contributed by atoms with E-state index in [2.05, 4.69) is 0 Å². The van der Waals surface area contributed by atoms with Crippen molar-refractivity contribution in [3.8, 4) is 0 Å². The van der Waals surface area contributed by atoms with Crippen molar-refractivity contribution >= 4 is 5.91 Å². The maximum Gasteiger partial charge on any atom is 0.277 e. The molecule has 0 radical (unpaired) electrons. The van der Waals surface area contributed by atoms with Gasteiger partial charge in [0.25, 0.3) is 5.91 Å². The lowest BCUT2D eigenvalue weighted by Gasteiger charge is -2.33. The first-order chi connectivity index (χ1) is 7.34. The molecule has 1 atom stereocenters. The Morgan fingerprint density at radius 2 is 1.75 bits per heavy atom. The molecule has 88 valence electrons. The van der Waals surface area contributed by atoms with Crippen LogP contribution >= 0.6 is 0 Å². The summed E-state index contributed by atoms with van der Waals surface area (Å²) < 4.78 is 0. The van der Waals surface area contributed by atoms with E-state index in [0.29, 0.717) is 5.56 Å². The molecule has 0 aliphatic heterocycles. The Balaban J connectivity index is 2.84. The van der Waals surface area contributed by atoms with Gasteiger partial charge in [0.2, 0.25) is 0 Å². The first kappa shape index (κ1) is 12.7. The van der Waals surface area contributed by atoms with Crippen molar-refractivity contribution in [1.29, 1.82) is 0 Å². The van der Waals surface area contributed by atoms with Crippen molar-refractivity contribution in [3.63, 3.8) is 0 Å². The number of carbonyl (C=O) groups is 1. The molecule has 0 bridgehead atoms. The Kier molecular flexibility index (Phi) is 3.70. The SMILES string of the molecule is C[C@H](N(O)C(=O)c1ccccc1)C(C)(C)C. The maximum atomic E-state index is 11.9. The number of carbonyl (C=O) groups excluding carboxylic acids is 1. The van der Waals surface area contributed by atoms with Gasteiger partial charge in [-0.3, -0.25) is 10.0 Å². The monoisotopic (exact) mass is 221 g/mol. The number of amides is 1. The molecular weight excluding hydrogens is 202 g/mol. The molecule has 0 aliphatic rings. The molecule has 0 saturated heterocycles. The van der Waals surface area contributed by atoms with Crippen LogP contribution in [0.15, 0.2) is 30.3 Å². The summed E-state index contributed by atoms with van der Waals surface area (Å²) in [5, 5.41) is 10.7. The first-order valence-corrected chi connectivity index (χ1v) is 5.41. The van der Waals surface area contributed by atoms with E-state index in [0.717, 1.165) is 5.06 Å². The summed E-state index contributed by atoms with van der Waals surface area (Å²) in [6.07, 6.45) is 0. The summed E-state index contributed by atoms with van der Waals surface area (Å²) in [7, 11) is 0. The van der Waals surface area contributed by atoms with Gasteiger partial charge in [-0.05, 0) is 24.5 Å². The third-order valence-corrected chi connectivity index (χ3v) is 2.85. The minimum absolute atomic E-state index is 0.154. The van der Waals surface area contributed by atoms with Gasteiger partial charge in [-0.25, -0.2) is 5.06 Å². The number of benzene rings is 1. The minimum Gasteiger partial charge on any atom is -0.285 e. The average Bonchev–Trinajstić information content (AvgIpc) is 2.26. The number of nitrogens with zero attached hydrogens (tertiary/aromatic N) is 1. The molecule has 0 aliphatic carbocycles. The van der Waals surface area contributed by atoms with Crippen LogP contribution in [0, 0.1) is 5.41 Å². The molecule has 1 aromatic carbocycles. The second kappa shape index (κ2) is 4.66. The molecule has 0 saturated carbocycles. The quantitative estimate of drug-likeness (QED) is 0.616. The highest BCUT2D eigenvalue weighted by molar-refractivity contribution is 5.93. The van der Waals surface area contributed by atoms with E-state index >= 15 is 0 Å². The highest BCUT2D eigenvalue weighted by Gasteiger charge is 2.29. The van der Waals surface area contributed by atoms with Crippen molar-refractivity contribution < 1.29 is 10.0 Å². The van der Waals surface area contributed by atoms with Gasteiger partial charge < -0.3 is 0 Å². The molecular formula is C13H19NO2. The Morgan fingerprint density at radius 3 is 2.19 bits per heavy atom. The van der Waals surface area contributed by atoms with Crippen molar-refractivity contribution in [1.82, 2.24) is 5.06 Å². The van der Waals surface area contributed by atoms with Crippen molar-refractivity contribution in [2.45, 2.75) is 33.7 Å².